The first-order chi connectivity index (χ1) is 13.2. The second-order valence-electron chi connectivity index (χ2n) is 7.69. The molecule has 3 fully saturated rings. The smallest absolute Gasteiger partial charge is 0.326 e. The van der Waals surface area contributed by atoms with Crippen molar-refractivity contribution in [2.75, 3.05) is 52.6 Å². The lowest BCUT2D eigenvalue weighted by Gasteiger charge is -2.37. The molecule has 0 saturated carbocycles. The first kappa shape index (κ1) is 18.4. The number of nitrogens with zero attached hydrogens (tertiary/aromatic N) is 3. The lowest BCUT2D eigenvalue weighted by Crippen LogP contribution is -2.55. The number of urea groups is 1. The fraction of sp³-hybridized carbons (Fsp3) is 0.600. The molecular weight excluding hydrogens is 344 g/mol. The largest absolute Gasteiger partial charge is 0.379 e. The van der Waals surface area contributed by atoms with Crippen LogP contribution in [0.5, 0.6) is 0 Å². The van der Waals surface area contributed by atoms with Gasteiger partial charge in [-0.25, -0.2) is 9.69 Å². The van der Waals surface area contributed by atoms with Crippen LogP contribution in [0.3, 0.4) is 0 Å². The van der Waals surface area contributed by atoms with Gasteiger partial charge in [0.25, 0.3) is 5.91 Å². The van der Waals surface area contributed by atoms with Crippen LogP contribution < -0.4 is 5.32 Å². The van der Waals surface area contributed by atoms with Crippen molar-refractivity contribution < 1.29 is 14.3 Å². The van der Waals surface area contributed by atoms with E-state index in [2.05, 4.69) is 39.4 Å². The highest BCUT2D eigenvalue weighted by atomic mass is 16.5. The lowest BCUT2D eigenvalue weighted by molar-refractivity contribution is -0.135. The number of hydrogen-bond acceptors (Lipinski definition) is 5. The van der Waals surface area contributed by atoms with E-state index < -0.39 is 5.54 Å². The topological polar surface area (TPSA) is 65.1 Å². The Morgan fingerprint density at radius 3 is 2.37 bits per heavy atom. The Hall–Kier alpha value is -1.96. The average molecular weight is 372 g/mol. The zero-order valence-corrected chi connectivity index (χ0v) is 15.7. The van der Waals surface area contributed by atoms with E-state index in [1.165, 1.54) is 10.5 Å². The van der Waals surface area contributed by atoms with Gasteiger partial charge in [-0.3, -0.25) is 9.69 Å². The number of likely N-dealkylation sites (tertiary alicyclic amines) is 1. The number of amides is 3. The molecule has 1 N–H and O–H groups in total. The Morgan fingerprint density at radius 1 is 0.963 bits per heavy atom. The molecule has 0 radical (unpaired) electrons. The second-order valence-corrected chi connectivity index (χ2v) is 7.69. The number of hydrogen-bond donors (Lipinski definition) is 1. The van der Waals surface area contributed by atoms with E-state index in [1.54, 1.807) is 0 Å². The maximum Gasteiger partial charge on any atom is 0.326 e. The molecule has 3 amide bonds. The van der Waals surface area contributed by atoms with Gasteiger partial charge in [0.2, 0.25) is 0 Å². The van der Waals surface area contributed by atoms with Gasteiger partial charge in [-0.15, -0.1) is 0 Å². The first-order valence-electron chi connectivity index (χ1n) is 9.87. The Morgan fingerprint density at radius 2 is 1.67 bits per heavy atom. The van der Waals surface area contributed by atoms with Crippen molar-refractivity contribution in [3.05, 3.63) is 35.9 Å². The summed E-state index contributed by atoms with van der Waals surface area (Å²) in [6.07, 6.45) is 2.38. The minimum Gasteiger partial charge on any atom is -0.379 e. The Bertz CT molecular complexity index is 667. The molecule has 3 aliphatic rings. The molecule has 7 heteroatoms. The summed E-state index contributed by atoms with van der Waals surface area (Å²) >= 11 is 0. The highest BCUT2D eigenvalue weighted by Gasteiger charge is 2.52. The zero-order chi connectivity index (χ0) is 18.7. The number of benzene rings is 1. The molecule has 4 rings (SSSR count). The molecule has 27 heavy (non-hydrogen) atoms. The number of morpholine rings is 1. The van der Waals surface area contributed by atoms with E-state index in [9.17, 15) is 9.59 Å². The van der Waals surface area contributed by atoms with Gasteiger partial charge in [0.15, 0.2) is 0 Å². The fourth-order valence-electron chi connectivity index (χ4n) is 4.18. The third-order valence-corrected chi connectivity index (χ3v) is 5.96. The van der Waals surface area contributed by atoms with Gasteiger partial charge in [-0.1, -0.05) is 30.3 Å². The molecule has 3 aliphatic heterocycles. The van der Waals surface area contributed by atoms with E-state index in [-0.39, 0.29) is 11.9 Å². The maximum atomic E-state index is 13.0. The van der Waals surface area contributed by atoms with Crippen LogP contribution in [-0.2, 0) is 16.0 Å². The van der Waals surface area contributed by atoms with Crippen molar-refractivity contribution in [3.8, 4) is 0 Å². The van der Waals surface area contributed by atoms with Crippen molar-refractivity contribution in [1.82, 2.24) is 20.0 Å². The summed E-state index contributed by atoms with van der Waals surface area (Å²) < 4.78 is 5.34. The molecular formula is C20H28N4O3. The standard InChI is InChI=1S/C20H28N4O3/c25-18-20(21-19(26)24(18)16-23-12-14-27-15-13-23)7-10-22(11-8-20)9-6-17-4-2-1-3-5-17/h1-5H,6-16H2,(H,21,26). The lowest BCUT2D eigenvalue weighted by atomic mass is 9.87. The molecule has 1 aromatic carbocycles. The van der Waals surface area contributed by atoms with Crippen LogP contribution >= 0.6 is 0 Å². The number of imide groups is 1. The molecule has 1 aromatic rings. The summed E-state index contributed by atoms with van der Waals surface area (Å²) in [5, 5.41) is 3.01. The van der Waals surface area contributed by atoms with Gasteiger partial charge < -0.3 is 15.0 Å². The molecule has 3 saturated heterocycles. The Balaban J connectivity index is 1.30. The third kappa shape index (κ3) is 4.00. The summed E-state index contributed by atoms with van der Waals surface area (Å²) in [5.74, 6) is -0.0540. The summed E-state index contributed by atoms with van der Waals surface area (Å²) in [5.41, 5.74) is 0.631. The SMILES string of the molecule is O=C1NC2(CCN(CCc3ccccc3)CC2)C(=O)N1CN1CCOCC1. The summed E-state index contributed by atoms with van der Waals surface area (Å²) in [4.78, 5) is 31.4. The Labute approximate surface area is 160 Å². The number of piperidine rings is 1. The van der Waals surface area contributed by atoms with Crippen LogP contribution in [-0.4, -0.2) is 84.8 Å². The average Bonchev–Trinajstić information content (AvgIpc) is 2.93. The van der Waals surface area contributed by atoms with Gasteiger partial charge in [-0.05, 0) is 24.8 Å². The Kier molecular flexibility index (Phi) is 5.43. The molecule has 0 atom stereocenters. The number of nitrogens with one attached hydrogen (secondary N) is 1. The number of carbonyl (C=O) groups excluding carboxylic acids is 2. The summed E-state index contributed by atoms with van der Waals surface area (Å²) in [6, 6.07) is 10.2. The predicted octanol–water partition coefficient (Wildman–Crippen LogP) is 0.905. The number of rotatable bonds is 5. The zero-order valence-electron chi connectivity index (χ0n) is 15.7. The molecule has 0 aliphatic carbocycles. The van der Waals surface area contributed by atoms with E-state index >= 15 is 0 Å². The van der Waals surface area contributed by atoms with Gasteiger partial charge in [0, 0.05) is 32.7 Å². The normalized spacial score (nSPS) is 23.8. The van der Waals surface area contributed by atoms with Gasteiger partial charge in [-0.2, -0.15) is 0 Å². The molecule has 1 spiro atoms. The maximum absolute atomic E-state index is 13.0. The minimum atomic E-state index is -0.702. The van der Waals surface area contributed by atoms with Crippen molar-refractivity contribution in [2.24, 2.45) is 0 Å². The molecule has 0 aromatic heterocycles. The van der Waals surface area contributed by atoms with Crippen LogP contribution in [0.2, 0.25) is 0 Å². The van der Waals surface area contributed by atoms with E-state index in [0.29, 0.717) is 32.7 Å². The van der Waals surface area contributed by atoms with Crippen molar-refractivity contribution >= 4 is 11.9 Å². The van der Waals surface area contributed by atoms with Crippen LogP contribution in [0.4, 0.5) is 4.79 Å². The van der Waals surface area contributed by atoms with Crippen LogP contribution in [0, 0.1) is 0 Å². The molecule has 146 valence electrons. The molecule has 7 nitrogen and oxygen atoms in total. The van der Waals surface area contributed by atoms with Crippen LogP contribution in [0.15, 0.2) is 30.3 Å². The van der Waals surface area contributed by atoms with Crippen molar-refractivity contribution in [3.63, 3.8) is 0 Å². The predicted molar refractivity (Wildman–Crippen MR) is 101 cm³/mol. The minimum absolute atomic E-state index is 0.0540. The van der Waals surface area contributed by atoms with Crippen molar-refractivity contribution in [2.45, 2.75) is 24.8 Å². The fourth-order valence-corrected chi connectivity index (χ4v) is 4.18. The van der Waals surface area contributed by atoms with Gasteiger partial charge in [0.05, 0.1) is 19.9 Å². The molecule has 3 heterocycles. The summed E-state index contributed by atoms with van der Waals surface area (Å²) in [6.45, 7) is 5.87. The highest BCUT2D eigenvalue weighted by Crippen LogP contribution is 2.29. The van der Waals surface area contributed by atoms with Gasteiger partial charge in [0.1, 0.15) is 5.54 Å². The number of ether oxygens (including phenoxy) is 1. The summed E-state index contributed by atoms with van der Waals surface area (Å²) in [7, 11) is 0. The third-order valence-electron chi connectivity index (χ3n) is 5.96. The van der Waals surface area contributed by atoms with Crippen molar-refractivity contribution in [1.29, 1.82) is 0 Å². The van der Waals surface area contributed by atoms with E-state index in [4.69, 9.17) is 4.74 Å². The second kappa shape index (κ2) is 7.96. The molecule has 0 bridgehead atoms. The van der Waals surface area contributed by atoms with Crippen LogP contribution in [0.25, 0.3) is 0 Å². The van der Waals surface area contributed by atoms with Crippen LogP contribution in [0.1, 0.15) is 18.4 Å². The van der Waals surface area contributed by atoms with E-state index in [1.807, 2.05) is 6.07 Å². The monoisotopic (exact) mass is 372 g/mol. The first-order valence-corrected chi connectivity index (χ1v) is 9.87. The van der Waals surface area contributed by atoms with Gasteiger partial charge >= 0.3 is 6.03 Å². The van der Waals surface area contributed by atoms with E-state index in [0.717, 1.165) is 39.1 Å². The molecule has 0 unspecified atom stereocenters. The quantitative estimate of drug-likeness (QED) is 0.779. The number of carbonyl (C=O) groups is 2. The highest BCUT2D eigenvalue weighted by molar-refractivity contribution is 6.07.